The molecule has 0 aliphatic carbocycles. The van der Waals surface area contributed by atoms with Crippen LogP contribution in [0.15, 0.2) is 24.3 Å². The minimum atomic E-state index is -0.677. The summed E-state index contributed by atoms with van der Waals surface area (Å²) >= 11 is 0. The largest absolute Gasteiger partial charge is 0.387 e. The van der Waals surface area contributed by atoms with E-state index in [-0.39, 0.29) is 12.5 Å². The lowest BCUT2D eigenvalue weighted by atomic mass is 10.1. The van der Waals surface area contributed by atoms with Crippen LogP contribution in [-0.4, -0.2) is 17.6 Å². The zero-order valence-electron chi connectivity index (χ0n) is 8.03. The second kappa shape index (κ2) is 4.74. The summed E-state index contributed by atoms with van der Waals surface area (Å²) in [5, 5.41) is 12.1. The first-order valence-corrected chi connectivity index (χ1v) is 4.39. The maximum atomic E-state index is 10.8. The van der Waals surface area contributed by atoms with E-state index in [9.17, 15) is 9.90 Å². The van der Waals surface area contributed by atoms with Crippen molar-refractivity contribution < 1.29 is 9.90 Å². The van der Waals surface area contributed by atoms with Crippen molar-refractivity contribution in [3.05, 3.63) is 29.8 Å². The number of rotatable bonds is 3. The van der Waals surface area contributed by atoms with Crippen LogP contribution in [0.25, 0.3) is 0 Å². The van der Waals surface area contributed by atoms with Crippen LogP contribution >= 0.6 is 0 Å². The van der Waals surface area contributed by atoms with E-state index in [2.05, 4.69) is 5.32 Å². The molecule has 1 aromatic rings. The Morgan fingerprint density at radius 2 is 2.36 bits per heavy atom. The number of aliphatic hydroxyl groups is 1. The molecule has 1 atom stereocenters. The molecule has 0 radical (unpaired) electrons. The average Bonchev–Trinajstić information content (AvgIpc) is 2.16. The number of nitrogens with two attached hydrogens (primary N) is 1. The molecular weight excluding hydrogens is 180 g/mol. The van der Waals surface area contributed by atoms with Gasteiger partial charge in [-0.15, -0.1) is 0 Å². The molecule has 0 saturated heterocycles. The molecule has 76 valence electrons. The van der Waals surface area contributed by atoms with Crippen LogP contribution < -0.4 is 11.1 Å². The Bertz CT molecular complexity index is 326. The highest BCUT2D eigenvalue weighted by Gasteiger charge is 2.05. The fourth-order valence-electron chi connectivity index (χ4n) is 1.16. The lowest BCUT2D eigenvalue weighted by Crippen LogP contribution is -2.12. The molecule has 1 aromatic carbocycles. The van der Waals surface area contributed by atoms with Crippen molar-refractivity contribution in [3.8, 4) is 0 Å². The summed E-state index contributed by atoms with van der Waals surface area (Å²) in [5.41, 5.74) is 6.69. The molecule has 1 amide bonds. The highest BCUT2D eigenvalue weighted by molar-refractivity contribution is 5.88. The molecule has 0 unspecified atom stereocenters. The molecule has 0 heterocycles. The zero-order valence-corrected chi connectivity index (χ0v) is 8.03. The monoisotopic (exact) mass is 194 g/mol. The van der Waals surface area contributed by atoms with Gasteiger partial charge in [-0.25, -0.2) is 0 Å². The summed E-state index contributed by atoms with van der Waals surface area (Å²) in [6.45, 7) is 1.61. The lowest BCUT2D eigenvalue weighted by molar-refractivity contribution is -0.114. The molecular formula is C10H14N2O2. The van der Waals surface area contributed by atoms with Crippen LogP contribution in [0.3, 0.4) is 0 Å². The number of aliphatic hydroxyl groups excluding tert-OH is 1. The third-order valence-electron chi connectivity index (χ3n) is 1.82. The van der Waals surface area contributed by atoms with Crippen molar-refractivity contribution in [1.82, 2.24) is 0 Å². The second-order valence-corrected chi connectivity index (χ2v) is 3.06. The van der Waals surface area contributed by atoms with Gasteiger partial charge in [-0.05, 0) is 17.7 Å². The highest BCUT2D eigenvalue weighted by atomic mass is 16.3. The van der Waals surface area contributed by atoms with Gasteiger partial charge in [0.05, 0.1) is 6.10 Å². The van der Waals surface area contributed by atoms with Crippen LogP contribution in [0, 0.1) is 0 Å². The van der Waals surface area contributed by atoms with E-state index in [0.29, 0.717) is 11.3 Å². The minimum Gasteiger partial charge on any atom is -0.387 e. The first-order chi connectivity index (χ1) is 6.63. The Morgan fingerprint density at radius 1 is 1.64 bits per heavy atom. The van der Waals surface area contributed by atoms with Gasteiger partial charge in [-0.2, -0.15) is 0 Å². The standard InChI is InChI=1S/C10H14N2O2/c1-7(13)12-9-4-2-3-8(5-9)10(14)6-11/h2-5,10,14H,6,11H2,1H3,(H,12,13)/t10-/m1/s1. The van der Waals surface area contributed by atoms with Gasteiger partial charge in [0.1, 0.15) is 0 Å². The van der Waals surface area contributed by atoms with E-state index in [4.69, 9.17) is 5.73 Å². The Hall–Kier alpha value is -1.39. The number of nitrogens with one attached hydrogen (secondary N) is 1. The molecule has 0 aromatic heterocycles. The van der Waals surface area contributed by atoms with E-state index in [0.717, 1.165) is 0 Å². The van der Waals surface area contributed by atoms with Gasteiger partial charge in [0.15, 0.2) is 0 Å². The van der Waals surface area contributed by atoms with E-state index < -0.39 is 6.10 Å². The molecule has 4 heteroatoms. The maximum Gasteiger partial charge on any atom is 0.221 e. The zero-order chi connectivity index (χ0) is 10.6. The fourth-order valence-corrected chi connectivity index (χ4v) is 1.16. The van der Waals surface area contributed by atoms with Gasteiger partial charge in [-0.3, -0.25) is 4.79 Å². The normalized spacial score (nSPS) is 12.2. The number of carbonyl (C=O) groups is 1. The maximum absolute atomic E-state index is 10.8. The molecule has 0 aliphatic heterocycles. The SMILES string of the molecule is CC(=O)Nc1cccc([C@H](O)CN)c1. The van der Waals surface area contributed by atoms with Crippen LogP contribution in [-0.2, 0) is 4.79 Å². The topological polar surface area (TPSA) is 75.3 Å². The fraction of sp³-hybridized carbons (Fsp3) is 0.300. The van der Waals surface area contributed by atoms with Crippen LogP contribution in [0.2, 0.25) is 0 Å². The van der Waals surface area contributed by atoms with E-state index in [1.165, 1.54) is 6.92 Å². The summed E-state index contributed by atoms with van der Waals surface area (Å²) in [6.07, 6.45) is -0.677. The van der Waals surface area contributed by atoms with Crippen molar-refractivity contribution in [2.75, 3.05) is 11.9 Å². The summed E-state index contributed by atoms with van der Waals surface area (Å²) in [6, 6.07) is 7.00. The third-order valence-corrected chi connectivity index (χ3v) is 1.82. The first kappa shape index (κ1) is 10.7. The predicted octanol–water partition coefficient (Wildman–Crippen LogP) is 0.637. The first-order valence-electron chi connectivity index (χ1n) is 4.39. The average molecular weight is 194 g/mol. The smallest absolute Gasteiger partial charge is 0.221 e. The van der Waals surface area contributed by atoms with Gasteiger partial charge in [0.25, 0.3) is 0 Å². The molecule has 1 rings (SSSR count). The van der Waals surface area contributed by atoms with Crippen LogP contribution in [0.5, 0.6) is 0 Å². The van der Waals surface area contributed by atoms with Crippen molar-refractivity contribution in [2.45, 2.75) is 13.0 Å². The Balaban J connectivity index is 2.83. The van der Waals surface area contributed by atoms with Gasteiger partial charge >= 0.3 is 0 Å². The number of anilines is 1. The summed E-state index contributed by atoms with van der Waals surface area (Å²) in [7, 11) is 0. The Kier molecular flexibility index (Phi) is 3.62. The van der Waals surface area contributed by atoms with Gasteiger partial charge in [0, 0.05) is 19.2 Å². The molecule has 0 bridgehead atoms. The Labute approximate surface area is 82.7 Å². The van der Waals surface area contributed by atoms with Gasteiger partial charge in [-0.1, -0.05) is 12.1 Å². The van der Waals surface area contributed by atoms with E-state index in [1.807, 2.05) is 0 Å². The molecule has 0 spiro atoms. The summed E-state index contributed by atoms with van der Waals surface area (Å²) in [4.78, 5) is 10.8. The van der Waals surface area contributed by atoms with Gasteiger partial charge < -0.3 is 16.2 Å². The second-order valence-electron chi connectivity index (χ2n) is 3.06. The van der Waals surface area contributed by atoms with Crippen molar-refractivity contribution in [1.29, 1.82) is 0 Å². The van der Waals surface area contributed by atoms with Gasteiger partial charge in [0.2, 0.25) is 5.91 Å². The minimum absolute atomic E-state index is 0.135. The summed E-state index contributed by atoms with van der Waals surface area (Å²) in [5.74, 6) is -0.135. The molecule has 14 heavy (non-hydrogen) atoms. The molecule has 0 fully saturated rings. The van der Waals surface area contributed by atoms with Crippen molar-refractivity contribution in [2.24, 2.45) is 5.73 Å². The molecule has 4 N–H and O–H groups in total. The number of hydrogen-bond acceptors (Lipinski definition) is 3. The van der Waals surface area contributed by atoms with Crippen molar-refractivity contribution in [3.63, 3.8) is 0 Å². The number of hydrogen-bond donors (Lipinski definition) is 3. The third kappa shape index (κ3) is 2.83. The number of benzene rings is 1. The predicted molar refractivity (Wildman–Crippen MR) is 54.8 cm³/mol. The van der Waals surface area contributed by atoms with E-state index >= 15 is 0 Å². The number of carbonyl (C=O) groups excluding carboxylic acids is 1. The Morgan fingerprint density at radius 3 is 2.93 bits per heavy atom. The van der Waals surface area contributed by atoms with Crippen molar-refractivity contribution >= 4 is 11.6 Å². The van der Waals surface area contributed by atoms with E-state index in [1.54, 1.807) is 24.3 Å². The highest BCUT2D eigenvalue weighted by Crippen LogP contribution is 2.16. The molecule has 4 nitrogen and oxygen atoms in total. The summed E-state index contributed by atoms with van der Waals surface area (Å²) < 4.78 is 0. The lowest BCUT2D eigenvalue weighted by Gasteiger charge is -2.09. The number of amides is 1. The molecule has 0 aliphatic rings. The van der Waals surface area contributed by atoms with Crippen LogP contribution in [0.1, 0.15) is 18.6 Å². The quantitative estimate of drug-likeness (QED) is 0.660. The van der Waals surface area contributed by atoms with Crippen LogP contribution in [0.4, 0.5) is 5.69 Å². The molecule has 0 saturated carbocycles.